The Hall–Kier alpha value is -2.57. The van der Waals surface area contributed by atoms with Crippen molar-refractivity contribution in [1.29, 1.82) is 0 Å². The van der Waals surface area contributed by atoms with Crippen molar-refractivity contribution in [1.82, 2.24) is 0 Å². The number of carboxylic acid groups (broad SMARTS) is 1. The largest absolute Gasteiger partial charge is 0.479 e. The van der Waals surface area contributed by atoms with Gasteiger partial charge in [0.15, 0.2) is 11.6 Å². The fraction of sp³-hybridized carbons (Fsp3) is 0.133. The maximum atomic E-state index is 12.5. The van der Waals surface area contributed by atoms with Crippen molar-refractivity contribution in [3.63, 3.8) is 0 Å². The number of hydrogen-bond donors (Lipinski definition) is 3. The fourth-order valence-electron chi connectivity index (χ4n) is 2.64. The van der Waals surface area contributed by atoms with Crippen LogP contribution in [0, 0.1) is 0 Å². The van der Waals surface area contributed by atoms with Gasteiger partial charge in [-0.1, -0.05) is 36.4 Å². The van der Waals surface area contributed by atoms with Gasteiger partial charge in [-0.25, -0.2) is 4.79 Å². The molecule has 0 aromatic heterocycles. The standard InChI is InChI=1S/C15H10O6/c16-10-6-5-9-11(15(10,21)14(19)20)13(18)8-4-2-1-3-7(8)12(9)17/h1-6,10,16,21H,(H,19,20). The second-order valence-electron chi connectivity index (χ2n) is 4.87. The van der Waals surface area contributed by atoms with Gasteiger partial charge in [-0.05, 0) is 0 Å². The average Bonchev–Trinajstić information content (AvgIpc) is 2.47. The molecule has 2 atom stereocenters. The summed E-state index contributed by atoms with van der Waals surface area (Å²) in [5.41, 5.74) is -3.45. The Morgan fingerprint density at radius 2 is 1.67 bits per heavy atom. The van der Waals surface area contributed by atoms with Gasteiger partial charge in [0.2, 0.25) is 5.60 Å². The predicted molar refractivity (Wildman–Crippen MR) is 69.9 cm³/mol. The maximum Gasteiger partial charge on any atom is 0.343 e. The molecule has 3 rings (SSSR count). The maximum absolute atomic E-state index is 12.5. The van der Waals surface area contributed by atoms with Crippen LogP contribution in [0.25, 0.3) is 0 Å². The first kappa shape index (κ1) is 13.4. The molecule has 2 aliphatic carbocycles. The molecule has 0 radical (unpaired) electrons. The van der Waals surface area contributed by atoms with Crippen LogP contribution in [-0.2, 0) is 4.79 Å². The molecule has 0 saturated heterocycles. The summed E-state index contributed by atoms with van der Waals surface area (Å²) in [6.07, 6.45) is 0.357. The molecular formula is C15H10O6. The van der Waals surface area contributed by atoms with Gasteiger partial charge in [0, 0.05) is 16.7 Å². The van der Waals surface area contributed by atoms with Crippen LogP contribution in [0.3, 0.4) is 0 Å². The molecule has 0 amide bonds. The van der Waals surface area contributed by atoms with E-state index in [0.717, 1.165) is 6.08 Å². The number of carboxylic acids is 1. The monoisotopic (exact) mass is 286 g/mol. The third-order valence-corrected chi connectivity index (χ3v) is 3.74. The minimum atomic E-state index is -2.83. The molecule has 3 N–H and O–H groups in total. The zero-order valence-electron chi connectivity index (χ0n) is 10.6. The summed E-state index contributed by atoms with van der Waals surface area (Å²) < 4.78 is 0. The van der Waals surface area contributed by atoms with E-state index >= 15 is 0 Å². The highest BCUT2D eigenvalue weighted by atomic mass is 16.4. The molecule has 2 aliphatic rings. The number of hydrogen-bond acceptors (Lipinski definition) is 5. The molecule has 6 nitrogen and oxygen atoms in total. The Bertz CT molecular complexity index is 757. The van der Waals surface area contributed by atoms with Crippen LogP contribution >= 0.6 is 0 Å². The molecule has 6 heteroatoms. The lowest BCUT2D eigenvalue weighted by atomic mass is 9.71. The summed E-state index contributed by atoms with van der Waals surface area (Å²) in [5.74, 6) is -3.11. The number of aliphatic hydroxyl groups excluding tert-OH is 1. The molecule has 0 spiro atoms. The number of allylic oxidation sites excluding steroid dienone is 2. The van der Waals surface area contributed by atoms with Crippen molar-refractivity contribution >= 4 is 17.5 Å². The smallest absolute Gasteiger partial charge is 0.343 e. The summed E-state index contributed by atoms with van der Waals surface area (Å²) >= 11 is 0. The molecule has 0 aliphatic heterocycles. The van der Waals surface area contributed by atoms with E-state index in [0.29, 0.717) is 0 Å². The first-order valence-corrected chi connectivity index (χ1v) is 6.14. The molecule has 2 unspecified atom stereocenters. The van der Waals surface area contributed by atoms with Crippen LogP contribution in [0.15, 0.2) is 47.6 Å². The van der Waals surface area contributed by atoms with E-state index in [-0.39, 0.29) is 16.7 Å². The number of ketones is 2. The normalized spacial score (nSPS) is 27.4. The first-order valence-electron chi connectivity index (χ1n) is 6.14. The van der Waals surface area contributed by atoms with E-state index in [1.807, 2.05) is 0 Å². The number of carbonyl (C=O) groups is 3. The number of aliphatic carboxylic acids is 1. The van der Waals surface area contributed by atoms with Gasteiger partial charge < -0.3 is 15.3 Å². The average molecular weight is 286 g/mol. The highest BCUT2D eigenvalue weighted by Crippen LogP contribution is 2.38. The van der Waals surface area contributed by atoms with Gasteiger partial charge in [0.25, 0.3) is 0 Å². The zero-order chi connectivity index (χ0) is 15.4. The van der Waals surface area contributed by atoms with Crippen LogP contribution < -0.4 is 0 Å². The third-order valence-electron chi connectivity index (χ3n) is 3.74. The van der Waals surface area contributed by atoms with Gasteiger partial charge in [0.05, 0.1) is 5.57 Å². The minimum absolute atomic E-state index is 0.0171. The SMILES string of the molecule is O=C1C2=C(C(=O)c3ccccc31)C(O)(C(=O)O)C(O)C=C2. The topological polar surface area (TPSA) is 112 Å². The van der Waals surface area contributed by atoms with Crippen molar-refractivity contribution in [2.75, 3.05) is 0 Å². The Kier molecular flexibility index (Phi) is 2.69. The molecule has 1 aromatic carbocycles. The molecule has 21 heavy (non-hydrogen) atoms. The van der Waals surface area contributed by atoms with Crippen LogP contribution in [0.1, 0.15) is 20.7 Å². The quantitative estimate of drug-likeness (QED) is 0.675. The van der Waals surface area contributed by atoms with Crippen LogP contribution in [0.5, 0.6) is 0 Å². The van der Waals surface area contributed by atoms with Crippen molar-refractivity contribution in [3.05, 3.63) is 58.7 Å². The molecular weight excluding hydrogens is 276 g/mol. The van der Waals surface area contributed by atoms with Crippen molar-refractivity contribution in [2.24, 2.45) is 0 Å². The van der Waals surface area contributed by atoms with Gasteiger partial charge in [0.1, 0.15) is 6.10 Å². The summed E-state index contributed by atoms with van der Waals surface area (Å²) in [6.45, 7) is 0. The lowest BCUT2D eigenvalue weighted by Gasteiger charge is -2.35. The zero-order valence-corrected chi connectivity index (χ0v) is 10.6. The van der Waals surface area contributed by atoms with E-state index in [2.05, 4.69) is 0 Å². The summed E-state index contributed by atoms with van der Waals surface area (Å²) in [5, 5.41) is 29.3. The van der Waals surface area contributed by atoms with E-state index in [1.165, 1.54) is 24.3 Å². The second kappa shape index (κ2) is 4.21. The van der Waals surface area contributed by atoms with Crippen molar-refractivity contribution in [2.45, 2.75) is 11.7 Å². The van der Waals surface area contributed by atoms with Gasteiger partial charge in [-0.15, -0.1) is 0 Å². The highest BCUT2D eigenvalue weighted by Gasteiger charge is 2.54. The summed E-state index contributed by atoms with van der Waals surface area (Å²) in [6, 6.07) is 5.95. The lowest BCUT2D eigenvalue weighted by molar-refractivity contribution is -0.161. The van der Waals surface area contributed by atoms with Gasteiger partial charge in [-0.3, -0.25) is 9.59 Å². The van der Waals surface area contributed by atoms with E-state index in [4.69, 9.17) is 0 Å². The third kappa shape index (κ3) is 1.57. The lowest BCUT2D eigenvalue weighted by Crippen LogP contribution is -2.55. The van der Waals surface area contributed by atoms with Gasteiger partial charge >= 0.3 is 5.97 Å². The molecule has 0 saturated carbocycles. The van der Waals surface area contributed by atoms with E-state index in [9.17, 15) is 29.7 Å². The number of carbonyl (C=O) groups excluding carboxylic acids is 2. The highest BCUT2D eigenvalue weighted by molar-refractivity contribution is 6.30. The van der Waals surface area contributed by atoms with Crippen LogP contribution in [-0.4, -0.2) is 44.6 Å². The van der Waals surface area contributed by atoms with Crippen molar-refractivity contribution < 1.29 is 29.7 Å². The predicted octanol–water partition coefficient (Wildman–Crippen LogP) is 0.109. The summed E-state index contributed by atoms with van der Waals surface area (Å²) in [4.78, 5) is 36.2. The molecule has 0 heterocycles. The van der Waals surface area contributed by atoms with Crippen LogP contribution in [0.2, 0.25) is 0 Å². The Morgan fingerprint density at radius 3 is 2.24 bits per heavy atom. The number of fused-ring (bicyclic) bond motifs is 1. The Labute approximate surface area is 118 Å². The number of Topliss-reactive ketones (excluding diaryl/α,β-unsaturated/α-hetero) is 2. The first-order chi connectivity index (χ1) is 9.89. The fourth-order valence-corrected chi connectivity index (χ4v) is 2.64. The Morgan fingerprint density at radius 1 is 1.10 bits per heavy atom. The molecule has 0 bridgehead atoms. The second-order valence-corrected chi connectivity index (χ2v) is 4.87. The minimum Gasteiger partial charge on any atom is -0.479 e. The number of aliphatic hydroxyl groups is 2. The summed E-state index contributed by atoms with van der Waals surface area (Å²) in [7, 11) is 0. The van der Waals surface area contributed by atoms with Crippen LogP contribution in [0.4, 0.5) is 0 Å². The number of benzene rings is 1. The molecule has 106 valence electrons. The Balaban J connectivity index is 2.32. The molecule has 1 aromatic rings. The van der Waals surface area contributed by atoms with E-state index < -0.39 is 34.8 Å². The van der Waals surface area contributed by atoms with Crippen molar-refractivity contribution in [3.8, 4) is 0 Å². The number of rotatable bonds is 1. The van der Waals surface area contributed by atoms with E-state index in [1.54, 1.807) is 6.07 Å². The van der Waals surface area contributed by atoms with Gasteiger partial charge in [-0.2, -0.15) is 0 Å². The molecule has 0 fully saturated rings.